The number of hydrogen-bond acceptors (Lipinski definition) is 2. The molecule has 0 aliphatic carbocycles. The molecule has 0 fully saturated rings. The first-order valence-corrected chi connectivity index (χ1v) is 11.2. The van der Waals surface area contributed by atoms with Crippen molar-refractivity contribution in [3.63, 3.8) is 0 Å². The van der Waals surface area contributed by atoms with Gasteiger partial charge >= 0.3 is 0 Å². The lowest BCUT2D eigenvalue weighted by atomic mass is 10.1. The van der Waals surface area contributed by atoms with Gasteiger partial charge in [0.15, 0.2) is 5.75 Å². The van der Waals surface area contributed by atoms with Gasteiger partial charge in [0.05, 0.1) is 16.8 Å². The molecule has 0 bridgehead atoms. The second kappa shape index (κ2) is 8.90. The first-order chi connectivity index (χ1) is 14.6. The Morgan fingerprint density at radius 3 is 2.53 bits per heavy atom. The van der Waals surface area contributed by atoms with Crippen molar-refractivity contribution >= 4 is 39.3 Å². The smallest absolute Gasteiger partial charge is 0.206 e. The van der Waals surface area contributed by atoms with Crippen LogP contribution < -0.4 is 14.8 Å². The maximum atomic E-state index is 14.2. The molecule has 1 aliphatic heterocycles. The summed E-state index contributed by atoms with van der Waals surface area (Å²) in [5, 5.41) is 5.93. The number of benzene rings is 3. The maximum Gasteiger partial charge on any atom is 0.206 e. The van der Waals surface area contributed by atoms with Gasteiger partial charge in [-0.1, -0.05) is 58.7 Å². The van der Waals surface area contributed by atoms with Gasteiger partial charge in [-0.3, -0.25) is 0 Å². The Kier molecular flexibility index (Phi) is 6.06. The van der Waals surface area contributed by atoms with Crippen molar-refractivity contribution < 1.29 is 9.13 Å². The molecule has 0 amide bonds. The topological polar surface area (TPSA) is 45.7 Å². The number of ether oxygens (including phenoxy) is 1. The van der Waals surface area contributed by atoms with E-state index in [9.17, 15) is 4.39 Å². The van der Waals surface area contributed by atoms with Crippen LogP contribution >= 0.6 is 22.3 Å². The van der Waals surface area contributed by atoms with Crippen LogP contribution in [-0.4, -0.2) is 11.3 Å². The first-order valence-electron chi connectivity index (χ1n) is 9.50. The number of hydrogen-bond donors (Lipinski definition) is 2. The highest BCUT2D eigenvalue weighted by atomic mass is 35.5. The summed E-state index contributed by atoms with van der Waals surface area (Å²) < 4.78 is 23.7. The molecule has 30 heavy (non-hydrogen) atoms. The average Bonchev–Trinajstić information content (AvgIpc) is 2.75. The zero-order valence-electron chi connectivity index (χ0n) is 16.5. The number of para-hydroxylation sites is 2. The summed E-state index contributed by atoms with van der Waals surface area (Å²) in [6.07, 6.45) is 0. The zero-order valence-corrected chi connectivity index (χ0v) is 18.1. The van der Waals surface area contributed by atoms with Crippen LogP contribution in [0.25, 0.3) is 0 Å². The molecule has 3 aromatic carbocycles. The molecular weight excluding hydrogens is 421 g/mol. The standard InChI is InChI=1S/C23H21ClFN3OS/c1-3-30-21-14-8-13-20(29-19-12-7-5-10-17(19)24)22(21)27-23(28-30)26-15(2)16-9-4-6-11-18(16)25/h3-15H,1-2H3,(H2,26,27,28)/t15-,30?/m0/s1. The summed E-state index contributed by atoms with van der Waals surface area (Å²) in [5.74, 6) is 1.52. The average molecular weight is 442 g/mol. The van der Waals surface area contributed by atoms with E-state index in [0.29, 0.717) is 28.0 Å². The van der Waals surface area contributed by atoms with Crippen LogP contribution in [0.5, 0.6) is 11.5 Å². The third kappa shape index (κ3) is 4.20. The molecule has 0 spiro atoms. The summed E-state index contributed by atoms with van der Waals surface area (Å²) >= 11 is 6.27. The molecule has 0 saturated carbocycles. The van der Waals surface area contributed by atoms with Gasteiger partial charge < -0.3 is 14.8 Å². The van der Waals surface area contributed by atoms with Crippen LogP contribution in [0.3, 0.4) is 0 Å². The second-order valence-corrected chi connectivity index (χ2v) is 8.84. The Labute approximate surface area is 182 Å². The lowest BCUT2D eigenvalue weighted by Gasteiger charge is -2.27. The number of rotatable bonds is 4. The molecule has 2 atom stereocenters. The monoisotopic (exact) mass is 441 g/mol. The van der Waals surface area contributed by atoms with Crippen LogP contribution in [0.4, 0.5) is 10.1 Å². The number of fused-ring (bicyclic) bond motifs is 1. The van der Waals surface area contributed by atoms with Gasteiger partial charge in [-0.25, -0.2) is 9.38 Å². The molecular formula is C23H21ClFN3OS. The Hall–Kier alpha value is -2.83. The molecule has 1 aliphatic rings. The minimum atomic E-state index is -0.383. The van der Waals surface area contributed by atoms with E-state index < -0.39 is 0 Å². The fourth-order valence-corrected chi connectivity index (χ4v) is 4.74. The molecule has 154 valence electrons. The highest BCUT2D eigenvalue weighted by Crippen LogP contribution is 2.43. The fourth-order valence-electron chi connectivity index (χ4n) is 3.17. The number of anilines is 1. The van der Waals surface area contributed by atoms with E-state index in [0.717, 1.165) is 10.6 Å². The Balaban J connectivity index is 1.70. The molecule has 0 radical (unpaired) electrons. The number of nitrogens with one attached hydrogen (secondary N) is 2. The number of aliphatic imine (C=N–C) groups is 1. The van der Waals surface area contributed by atoms with Crippen molar-refractivity contribution in [3.05, 3.63) is 83.1 Å². The van der Waals surface area contributed by atoms with Gasteiger partial charge in [-0.15, -0.1) is 0 Å². The van der Waals surface area contributed by atoms with Crippen molar-refractivity contribution in [2.45, 2.75) is 24.8 Å². The molecule has 1 unspecified atom stereocenters. The van der Waals surface area contributed by atoms with Gasteiger partial charge in [0, 0.05) is 10.5 Å². The zero-order chi connectivity index (χ0) is 21.1. The van der Waals surface area contributed by atoms with Crippen molar-refractivity contribution in [3.8, 4) is 11.5 Å². The predicted molar refractivity (Wildman–Crippen MR) is 125 cm³/mol. The molecule has 0 saturated heterocycles. The molecule has 1 heterocycles. The van der Waals surface area contributed by atoms with Crippen LogP contribution in [0, 0.1) is 5.82 Å². The van der Waals surface area contributed by atoms with E-state index >= 15 is 0 Å². The van der Waals surface area contributed by atoms with Crippen LogP contribution in [0.2, 0.25) is 5.02 Å². The van der Waals surface area contributed by atoms with E-state index in [4.69, 9.17) is 16.3 Å². The highest BCUT2D eigenvalue weighted by molar-refractivity contribution is 8.14. The molecule has 4 rings (SSSR count). The number of nitrogens with zero attached hydrogens (tertiary/aromatic N) is 1. The fraction of sp³-hybridized carbons (Fsp3) is 0.130. The minimum absolute atomic E-state index is 0.269. The maximum absolute atomic E-state index is 14.2. The second-order valence-electron chi connectivity index (χ2n) is 6.64. The van der Waals surface area contributed by atoms with Gasteiger partial charge in [0.2, 0.25) is 5.96 Å². The molecule has 3 aromatic rings. The normalized spacial score (nSPS) is 17.7. The van der Waals surface area contributed by atoms with Crippen LogP contribution in [-0.2, 0) is 0 Å². The van der Waals surface area contributed by atoms with Gasteiger partial charge in [0.1, 0.15) is 11.6 Å². The van der Waals surface area contributed by atoms with E-state index in [2.05, 4.69) is 20.4 Å². The van der Waals surface area contributed by atoms with Crippen molar-refractivity contribution in [2.24, 2.45) is 4.99 Å². The van der Waals surface area contributed by atoms with Crippen LogP contribution in [0.15, 0.2) is 76.6 Å². The molecule has 2 N–H and O–H groups in total. The molecule has 0 aromatic heterocycles. The van der Waals surface area contributed by atoms with E-state index in [1.807, 2.05) is 56.3 Å². The SMILES string of the molecule is C/C=S1\NC(=N[C@@H](C)c2ccccc2F)Nc2c(Oc3ccccc3Cl)cccc21. The quantitative estimate of drug-likeness (QED) is 0.439. The third-order valence-electron chi connectivity index (χ3n) is 4.65. The summed E-state index contributed by atoms with van der Waals surface area (Å²) in [6.45, 7) is 3.86. The van der Waals surface area contributed by atoms with Crippen molar-refractivity contribution in [1.82, 2.24) is 4.72 Å². The number of guanidine groups is 1. The Morgan fingerprint density at radius 1 is 1.03 bits per heavy atom. The predicted octanol–water partition coefficient (Wildman–Crippen LogP) is 6.77. The lowest BCUT2D eigenvalue weighted by molar-refractivity contribution is 0.484. The molecule has 4 nitrogen and oxygen atoms in total. The van der Waals surface area contributed by atoms with E-state index in [1.54, 1.807) is 18.2 Å². The largest absolute Gasteiger partial charge is 0.454 e. The van der Waals surface area contributed by atoms with Crippen molar-refractivity contribution in [2.75, 3.05) is 5.32 Å². The summed E-state index contributed by atoms with van der Waals surface area (Å²) in [4.78, 5) is 5.74. The van der Waals surface area contributed by atoms with Crippen molar-refractivity contribution in [1.29, 1.82) is 0 Å². The molecule has 7 heteroatoms. The first kappa shape index (κ1) is 20.4. The van der Waals surface area contributed by atoms with Gasteiger partial charge in [-0.05, 0) is 49.5 Å². The van der Waals surface area contributed by atoms with Crippen LogP contribution in [0.1, 0.15) is 25.5 Å². The number of halogens is 2. The van der Waals surface area contributed by atoms with Gasteiger partial charge in [0.25, 0.3) is 0 Å². The Bertz CT molecular complexity index is 1150. The summed E-state index contributed by atoms with van der Waals surface area (Å²) in [7, 11) is -0.383. The van der Waals surface area contributed by atoms with Gasteiger partial charge in [-0.2, -0.15) is 0 Å². The van der Waals surface area contributed by atoms with E-state index in [1.165, 1.54) is 6.07 Å². The van der Waals surface area contributed by atoms with E-state index in [-0.39, 0.29) is 22.5 Å². The highest BCUT2D eigenvalue weighted by Gasteiger charge is 2.22. The summed E-state index contributed by atoms with van der Waals surface area (Å²) in [5.41, 5.74) is 1.36. The third-order valence-corrected chi connectivity index (χ3v) is 6.66. The lowest BCUT2D eigenvalue weighted by Crippen LogP contribution is -2.32. The Morgan fingerprint density at radius 2 is 1.77 bits per heavy atom. The minimum Gasteiger partial charge on any atom is -0.454 e. The summed E-state index contributed by atoms with van der Waals surface area (Å²) in [6, 6.07) is 19.5.